The first-order chi connectivity index (χ1) is 16.7. The van der Waals surface area contributed by atoms with E-state index in [9.17, 15) is 23.6 Å². The van der Waals surface area contributed by atoms with Crippen molar-refractivity contribution in [1.82, 2.24) is 16.0 Å². The monoisotopic (exact) mass is 484 g/mol. The number of amides is 3. The van der Waals surface area contributed by atoms with Crippen molar-refractivity contribution in [2.45, 2.75) is 44.8 Å². The van der Waals surface area contributed by atoms with E-state index in [4.69, 9.17) is 10.1 Å². The van der Waals surface area contributed by atoms with Crippen LogP contribution in [0.4, 0.5) is 4.39 Å². The normalized spacial score (nSPS) is 12.1. The van der Waals surface area contributed by atoms with Crippen LogP contribution in [-0.4, -0.2) is 48.9 Å². The van der Waals surface area contributed by atoms with Gasteiger partial charge in [-0.2, -0.15) is 0 Å². The van der Waals surface area contributed by atoms with Crippen LogP contribution >= 0.6 is 0 Å². The number of carbonyl (C=O) groups is 4. The molecule has 0 spiro atoms. The van der Waals surface area contributed by atoms with Crippen LogP contribution < -0.4 is 20.7 Å². The minimum Gasteiger partial charge on any atom is -0.497 e. The molecule has 0 heterocycles. The molecule has 0 radical (unpaired) electrons. The van der Waals surface area contributed by atoms with Gasteiger partial charge in [-0.25, -0.2) is 4.39 Å². The highest BCUT2D eigenvalue weighted by atomic mass is 19.1. The van der Waals surface area contributed by atoms with Crippen molar-refractivity contribution in [2.75, 3.05) is 7.11 Å². The lowest BCUT2D eigenvalue weighted by molar-refractivity contribution is -0.132. The zero-order valence-electron chi connectivity index (χ0n) is 19.6. The van der Waals surface area contributed by atoms with Gasteiger partial charge >= 0.3 is 0 Å². The van der Waals surface area contributed by atoms with Crippen LogP contribution in [0.3, 0.4) is 0 Å². The van der Waals surface area contributed by atoms with Crippen molar-refractivity contribution >= 4 is 29.7 Å². The molecule has 0 unspecified atom stereocenters. The van der Waals surface area contributed by atoms with E-state index in [-0.39, 0.29) is 31.4 Å². The third-order valence-corrected chi connectivity index (χ3v) is 5.18. The Kier molecular flexibility index (Phi) is 10.5. The predicted molar refractivity (Wildman–Crippen MR) is 128 cm³/mol. The Morgan fingerprint density at radius 1 is 1.00 bits per heavy atom. The second kappa shape index (κ2) is 13.6. The van der Waals surface area contributed by atoms with Crippen molar-refractivity contribution in [1.29, 1.82) is 5.41 Å². The summed E-state index contributed by atoms with van der Waals surface area (Å²) in [6.07, 6.45) is 0.327. The first-order valence-corrected chi connectivity index (χ1v) is 11.0. The van der Waals surface area contributed by atoms with E-state index in [0.717, 1.165) is 5.56 Å². The molecule has 0 bridgehead atoms. The summed E-state index contributed by atoms with van der Waals surface area (Å²) in [5, 5.41) is 14.8. The molecule has 2 atom stereocenters. The summed E-state index contributed by atoms with van der Waals surface area (Å²) in [6, 6.07) is 10.6. The minimum absolute atomic E-state index is 0.0547. The Morgan fingerprint density at radius 3 is 2.29 bits per heavy atom. The highest BCUT2D eigenvalue weighted by molar-refractivity contribution is 6.26. The molecule has 0 aliphatic rings. The summed E-state index contributed by atoms with van der Waals surface area (Å²) in [7, 11) is 1.54. The number of hydrogen-bond acceptors (Lipinski definition) is 6. The second-order valence-electron chi connectivity index (χ2n) is 7.83. The second-order valence-corrected chi connectivity index (χ2v) is 7.83. The standard InChI is InChI=1S/C25H29FN4O5/c1-16(31)29-23(13-18-5-3-4-6-21(18)26)25(34)30-22(12-9-19(32)14-27)24(33)28-15-17-7-10-20(35-2)11-8-17/h3-8,10-11,14,22-23,27H,9,12-13,15H2,1-2H3,(H,28,33)(H,29,31)(H,30,34)/t22-,23-/m0/s1. The van der Waals surface area contributed by atoms with E-state index in [1.807, 2.05) is 0 Å². The van der Waals surface area contributed by atoms with Crippen LogP contribution in [0.5, 0.6) is 5.75 Å². The van der Waals surface area contributed by atoms with Gasteiger partial charge < -0.3 is 26.1 Å². The molecule has 4 N–H and O–H groups in total. The van der Waals surface area contributed by atoms with E-state index in [1.165, 1.54) is 25.1 Å². The number of methoxy groups -OCH3 is 1. The molecule has 35 heavy (non-hydrogen) atoms. The number of ether oxygens (including phenoxy) is 1. The molecule has 9 nitrogen and oxygen atoms in total. The van der Waals surface area contributed by atoms with Crippen LogP contribution in [0.1, 0.15) is 30.9 Å². The van der Waals surface area contributed by atoms with Crippen LogP contribution in [-0.2, 0) is 32.1 Å². The Morgan fingerprint density at radius 2 is 1.69 bits per heavy atom. The summed E-state index contributed by atoms with van der Waals surface area (Å²) in [5.74, 6) is -2.11. The predicted octanol–water partition coefficient (Wildman–Crippen LogP) is 1.68. The third kappa shape index (κ3) is 9.00. The maximum Gasteiger partial charge on any atom is 0.243 e. The van der Waals surface area contributed by atoms with Gasteiger partial charge in [0.2, 0.25) is 17.7 Å². The maximum absolute atomic E-state index is 14.1. The first kappa shape index (κ1) is 27.2. The molecule has 3 amide bonds. The number of ketones is 1. The molecule has 0 aliphatic heterocycles. The van der Waals surface area contributed by atoms with Gasteiger partial charge in [0.25, 0.3) is 0 Å². The van der Waals surface area contributed by atoms with E-state index >= 15 is 0 Å². The molecule has 0 aromatic heterocycles. The molecular weight excluding hydrogens is 455 g/mol. The SMILES string of the molecule is COc1ccc(CNC(=O)[C@H](CCC(=O)C=N)NC(=O)[C@H](Cc2ccccc2F)NC(C)=O)cc1. The van der Waals surface area contributed by atoms with E-state index < -0.39 is 41.4 Å². The van der Waals surface area contributed by atoms with E-state index in [2.05, 4.69) is 16.0 Å². The largest absolute Gasteiger partial charge is 0.497 e. The van der Waals surface area contributed by atoms with E-state index in [1.54, 1.807) is 37.4 Å². The maximum atomic E-state index is 14.1. The summed E-state index contributed by atoms with van der Waals surface area (Å²) < 4.78 is 19.2. The first-order valence-electron chi connectivity index (χ1n) is 11.0. The topological polar surface area (TPSA) is 137 Å². The van der Waals surface area contributed by atoms with Gasteiger partial charge in [0.15, 0.2) is 5.78 Å². The van der Waals surface area contributed by atoms with Gasteiger partial charge in [-0.15, -0.1) is 0 Å². The molecular formula is C25H29FN4O5. The summed E-state index contributed by atoms with van der Waals surface area (Å²) in [6.45, 7) is 1.39. The van der Waals surface area contributed by atoms with Crippen molar-refractivity contribution in [3.63, 3.8) is 0 Å². The molecule has 10 heteroatoms. The zero-order valence-corrected chi connectivity index (χ0v) is 19.6. The van der Waals surface area contributed by atoms with Gasteiger partial charge in [0, 0.05) is 26.3 Å². The lowest BCUT2D eigenvalue weighted by atomic mass is 10.0. The fourth-order valence-corrected chi connectivity index (χ4v) is 3.29. The van der Waals surface area contributed by atoms with Crippen molar-refractivity contribution in [2.24, 2.45) is 0 Å². The highest BCUT2D eigenvalue weighted by Crippen LogP contribution is 2.12. The van der Waals surface area contributed by atoms with Crippen molar-refractivity contribution < 1.29 is 28.3 Å². The summed E-state index contributed by atoms with van der Waals surface area (Å²) >= 11 is 0. The summed E-state index contributed by atoms with van der Waals surface area (Å²) in [5.41, 5.74) is 1.01. The van der Waals surface area contributed by atoms with Gasteiger partial charge in [-0.05, 0) is 35.7 Å². The molecule has 0 fully saturated rings. The Balaban J connectivity index is 2.13. The van der Waals surface area contributed by atoms with Crippen LogP contribution in [0.25, 0.3) is 0 Å². The molecule has 2 aromatic rings. The van der Waals surface area contributed by atoms with Gasteiger partial charge in [0.1, 0.15) is 23.7 Å². The number of halogens is 1. The zero-order chi connectivity index (χ0) is 25.8. The number of Topliss-reactive ketones (excluding diaryl/α,β-unsaturated/α-hetero) is 1. The van der Waals surface area contributed by atoms with Gasteiger partial charge in [-0.1, -0.05) is 30.3 Å². The fraction of sp³-hybridized carbons (Fsp3) is 0.320. The minimum atomic E-state index is -1.14. The number of rotatable bonds is 13. The van der Waals surface area contributed by atoms with Crippen molar-refractivity contribution in [3.8, 4) is 5.75 Å². The molecule has 2 aromatic carbocycles. The Hall–Kier alpha value is -4.08. The lowest BCUT2D eigenvalue weighted by Crippen LogP contribution is -2.54. The van der Waals surface area contributed by atoms with E-state index in [0.29, 0.717) is 12.0 Å². The van der Waals surface area contributed by atoms with Gasteiger partial charge in [-0.3, -0.25) is 19.2 Å². The molecule has 186 valence electrons. The molecule has 0 saturated heterocycles. The third-order valence-electron chi connectivity index (χ3n) is 5.18. The van der Waals surface area contributed by atoms with Crippen LogP contribution in [0.2, 0.25) is 0 Å². The molecule has 2 rings (SSSR count). The van der Waals surface area contributed by atoms with Crippen LogP contribution in [0.15, 0.2) is 48.5 Å². The number of hydrogen-bond donors (Lipinski definition) is 4. The Labute approximate surface area is 202 Å². The van der Waals surface area contributed by atoms with Crippen LogP contribution in [0, 0.1) is 11.2 Å². The molecule has 0 aliphatic carbocycles. The Bertz CT molecular complexity index is 1060. The highest BCUT2D eigenvalue weighted by Gasteiger charge is 2.27. The smallest absolute Gasteiger partial charge is 0.243 e. The van der Waals surface area contributed by atoms with Crippen molar-refractivity contribution in [3.05, 3.63) is 65.5 Å². The average molecular weight is 485 g/mol. The summed E-state index contributed by atoms with van der Waals surface area (Å²) in [4.78, 5) is 49.2. The number of nitrogens with one attached hydrogen (secondary N) is 4. The number of benzene rings is 2. The average Bonchev–Trinajstić information content (AvgIpc) is 2.85. The molecule has 0 saturated carbocycles. The lowest BCUT2D eigenvalue weighted by Gasteiger charge is -2.23. The fourth-order valence-electron chi connectivity index (χ4n) is 3.29. The van der Waals surface area contributed by atoms with Gasteiger partial charge in [0.05, 0.1) is 13.3 Å². The quantitative estimate of drug-likeness (QED) is 0.321. The number of carbonyl (C=O) groups excluding carboxylic acids is 4.